The number of ether oxygens (including phenoxy) is 4. The summed E-state index contributed by atoms with van der Waals surface area (Å²) in [4.78, 5) is 32.6. The second kappa shape index (κ2) is 10.9. The van der Waals surface area contributed by atoms with Gasteiger partial charge in [-0.05, 0) is 54.5 Å². The van der Waals surface area contributed by atoms with Crippen molar-refractivity contribution in [3.63, 3.8) is 0 Å². The van der Waals surface area contributed by atoms with Gasteiger partial charge in [0.05, 0.1) is 43.7 Å². The second-order valence-corrected chi connectivity index (χ2v) is 9.99. The Hall–Kier alpha value is -4.57. The smallest absolute Gasteiger partial charge is 0.338 e. The van der Waals surface area contributed by atoms with Crippen molar-refractivity contribution in [3.05, 3.63) is 90.6 Å². The van der Waals surface area contributed by atoms with Crippen LogP contribution in [0.25, 0.3) is 16.8 Å². The number of allylic oxidation sites excluding steroid dienone is 1. The Labute approximate surface area is 233 Å². The van der Waals surface area contributed by atoms with Crippen LogP contribution in [0, 0.1) is 0 Å². The fraction of sp³-hybridized carbons (Fsp3) is 0.233. The summed E-state index contributed by atoms with van der Waals surface area (Å²) in [6.07, 6.45) is 1.68. The van der Waals surface area contributed by atoms with Gasteiger partial charge in [0.25, 0.3) is 5.56 Å². The highest BCUT2D eigenvalue weighted by atomic mass is 32.1. The SMILES string of the molecule is CCOC(=O)C1=C(C)N=c2s/c(=C/c3cc(OC)c(O)c(OC)c3)c(=O)n2[C@H]1c1c(OC)ccc2ccccc12. The molecule has 1 atom stereocenters. The van der Waals surface area contributed by atoms with Gasteiger partial charge >= 0.3 is 5.97 Å². The number of hydrogen-bond acceptors (Lipinski definition) is 9. The van der Waals surface area contributed by atoms with E-state index in [2.05, 4.69) is 4.99 Å². The lowest BCUT2D eigenvalue weighted by Gasteiger charge is -2.27. The van der Waals surface area contributed by atoms with Gasteiger partial charge in [-0.2, -0.15) is 0 Å². The van der Waals surface area contributed by atoms with E-state index in [0.29, 0.717) is 31.9 Å². The average Bonchev–Trinajstić information content (AvgIpc) is 3.26. The first kappa shape index (κ1) is 27.0. The molecule has 9 nitrogen and oxygen atoms in total. The molecule has 1 aromatic heterocycles. The molecule has 3 aromatic carbocycles. The number of aromatic hydroxyl groups is 1. The highest BCUT2D eigenvalue weighted by molar-refractivity contribution is 7.07. The molecule has 1 aliphatic heterocycles. The number of methoxy groups -OCH3 is 3. The number of carbonyl (C=O) groups excluding carboxylic acids is 1. The number of hydrogen-bond donors (Lipinski definition) is 1. The van der Waals surface area contributed by atoms with Crippen molar-refractivity contribution in [2.75, 3.05) is 27.9 Å². The minimum absolute atomic E-state index is 0.138. The van der Waals surface area contributed by atoms with Crippen LogP contribution in [-0.4, -0.2) is 43.6 Å². The maximum Gasteiger partial charge on any atom is 0.338 e. The largest absolute Gasteiger partial charge is 0.502 e. The van der Waals surface area contributed by atoms with Crippen molar-refractivity contribution >= 4 is 34.2 Å². The molecule has 0 bridgehead atoms. The van der Waals surface area contributed by atoms with Crippen LogP contribution in [0.2, 0.25) is 0 Å². The summed E-state index contributed by atoms with van der Waals surface area (Å²) in [6.45, 7) is 3.64. The molecule has 206 valence electrons. The lowest BCUT2D eigenvalue weighted by atomic mass is 9.90. The highest BCUT2D eigenvalue weighted by Crippen LogP contribution is 2.40. The van der Waals surface area contributed by atoms with Gasteiger partial charge in [-0.3, -0.25) is 9.36 Å². The maximum absolute atomic E-state index is 14.1. The predicted octanol–water partition coefficient (Wildman–Crippen LogP) is 3.68. The minimum atomic E-state index is -0.845. The average molecular weight is 561 g/mol. The van der Waals surface area contributed by atoms with E-state index in [-0.39, 0.29) is 35.0 Å². The molecule has 1 aliphatic rings. The summed E-state index contributed by atoms with van der Waals surface area (Å²) < 4.78 is 23.7. The van der Waals surface area contributed by atoms with E-state index in [1.54, 1.807) is 39.2 Å². The van der Waals surface area contributed by atoms with Gasteiger partial charge in [-0.1, -0.05) is 41.7 Å². The third-order valence-electron chi connectivity index (χ3n) is 6.74. The third-order valence-corrected chi connectivity index (χ3v) is 7.72. The zero-order valence-electron chi connectivity index (χ0n) is 22.7. The molecular weight excluding hydrogens is 532 g/mol. The van der Waals surface area contributed by atoms with Crippen LogP contribution in [0.1, 0.15) is 31.0 Å². The van der Waals surface area contributed by atoms with Crippen molar-refractivity contribution in [1.29, 1.82) is 0 Å². The van der Waals surface area contributed by atoms with Crippen LogP contribution in [0.5, 0.6) is 23.0 Å². The molecule has 0 saturated heterocycles. The molecule has 5 rings (SSSR count). The Balaban J connectivity index is 1.83. The van der Waals surface area contributed by atoms with E-state index in [9.17, 15) is 14.7 Å². The van der Waals surface area contributed by atoms with Crippen molar-refractivity contribution in [1.82, 2.24) is 4.57 Å². The fourth-order valence-corrected chi connectivity index (χ4v) is 6.00. The summed E-state index contributed by atoms with van der Waals surface area (Å²) in [5.41, 5.74) is 1.63. The highest BCUT2D eigenvalue weighted by Gasteiger charge is 2.36. The van der Waals surface area contributed by atoms with Crippen molar-refractivity contribution < 1.29 is 28.8 Å². The van der Waals surface area contributed by atoms with E-state index >= 15 is 0 Å². The number of thiazole rings is 1. The van der Waals surface area contributed by atoms with E-state index in [4.69, 9.17) is 18.9 Å². The predicted molar refractivity (Wildman–Crippen MR) is 152 cm³/mol. The molecule has 0 saturated carbocycles. The molecule has 0 fully saturated rings. The topological polar surface area (TPSA) is 109 Å². The van der Waals surface area contributed by atoms with Gasteiger partial charge in [0.2, 0.25) is 5.75 Å². The first-order valence-corrected chi connectivity index (χ1v) is 13.3. The van der Waals surface area contributed by atoms with Gasteiger partial charge in [0.1, 0.15) is 11.8 Å². The molecule has 1 N–H and O–H groups in total. The van der Waals surface area contributed by atoms with Crippen LogP contribution in [0.15, 0.2) is 69.6 Å². The van der Waals surface area contributed by atoms with E-state index in [1.165, 1.54) is 30.1 Å². The number of esters is 1. The number of fused-ring (bicyclic) bond motifs is 2. The molecule has 4 aromatic rings. The number of nitrogens with zero attached hydrogens (tertiary/aromatic N) is 2. The Morgan fingerprint density at radius 3 is 2.38 bits per heavy atom. The standard InChI is InChI=1S/C30H28N2O7S/c1-6-39-29(35)24-16(2)31-30-32(26(24)25-19-10-8-7-9-18(19)11-12-20(25)36-3)28(34)23(40-30)15-17-13-21(37-4)27(33)22(14-17)38-5/h7-15,26,33H,6H2,1-5H3/b23-15+/t26-/m1/s1. The summed E-state index contributed by atoms with van der Waals surface area (Å²) in [5, 5.41) is 12.1. The summed E-state index contributed by atoms with van der Waals surface area (Å²) in [6, 6.07) is 13.9. The quantitative estimate of drug-likeness (QED) is 0.344. The number of rotatable bonds is 7. The molecule has 0 unspecified atom stereocenters. The normalized spacial score (nSPS) is 15.0. The van der Waals surface area contributed by atoms with Gasteiger partial charge in [0, 0.05) is 5.56 Å². The summed E-state index contributed by atoms with van der Waals surface area (Å²) in [7, 11) is 4.43. The van der Waals surface area contributed by atoms with E-state index in [1.807, 2.05) is 36.4 Å². The fourth-order valence-electron chi connectivity index (χ4n) is 4.95. The molecule has 10 heteroatoms. The van der Waals surface area contributed by atoms with Crippen molar-refractivity contribution in [2.45, 2.75) is 19.9 Å². The molecule has 0 radical (unpaired) electrons. The van der Waals surface area contributed by atoms with Gasteiger partial charge < -0.3 is 24.1 Å². The zero-order valence-corrected chi connectivity index (χ0v) is 23.5. The number of phenolic OH excluding ortho intramolecular Hbond substituents is 1. The first-order valence-electron chi connectivity index (χ1n) is 12.5. The van der Waals surface area contributed by atoms with Gasteiger partial charge in [0.15, 0.2) is 16.3 Å². The van der Waals surface area contributed by atoms with Crippen LogP contribution >= 0.6 is 11.3 Å². The van der Waals surface area contributed by atoms with E-state index in [0.717, 1.165) is 10.8 Å². The number of aromatic nitrogens is 1. The molecule has 0 aliphatic carbocycles. The van der Waals surface area contributed by atoms with Crippen LogP contribution < -0.4 is 29.1 Å². The van der Waals surface area contributed by atoms with Crippen molar-refractivity contribution in [2.24, 2.45) is 4.99 Å². The van der Waals surface area contributed by atoms with Crippen LogP contribution in [-0.2, 0) is 9.53 Å². The number of benzene rings is 3. The molecular formula is C30H28N2O7S. The number of carbonyl (C=O) groups is 1. The number of phenols is 1. The zero-order chi connectivity index (χ0) is 28.6. The van der Waals surface area contributed by atoms with Crippen LogP contribution in [0.4, 0.5) is 0 Å². The third kappa shape index (κ3) is 4.50. The molecule has 40 heavy (non-hydrogen) atoms. The first-order chi connectivity index (χ1) is 19.3. The molecule has 0 amide bonds. The van der Waals surface area contributed by atoms with Gasteiger partial charge in [-0.15, -0.1) is 0 Å². The van der Waals surface area contributed by atoms with Crippen molar-refractivity contribution in [3.8, 4) is 23.0 Å². The monoisotopic (exact) mass is 560 g/mol. The lowest BCUT2D eigenvalue weighted by molar-refractivity contribution is -0.139. The molecule has 2 heterocycles. The Morgan fingerprint density at radius 1 is 1.05 bits per heavy atom. The Morgan fingerprint density at radius 2 is 1.73 bits per heavy atom. The minimum Gasteiger partial charge on any atom is -0.502 e. The Bertz CT molecular complexity index is 1830. The molecule has 0 spiro atoms. The summed E-state index contributed by atoms with van der Waals surface area (Å²) >= 11 is 1.19. The van der Waals surface area contributed by atoms with Gasteiger partial charge in [-0.25, -0.2) is 9.79 Å². The van der Waals surface area contributed by atoms with E-state index < -0.39 is 12.0 Å². The summed E-state index contributed by atoms with van der Waals surface area (Å²) in [5.74, 6) is 0.254. The van der Waals surface area contributed by atoms with Crippen LogP contribution in [0.3, 0.4) is 0 Å². The second-order valence-electron chi connectivity index (χ2n) is 8.98. The lowest BCUT2D eigenvalue weighted by Crippen LogP contribution is -2.40. The Kier molecular flexibility index (Phi) is 7.36. The maximum atomic E-state index is 14.1.